The molecule has 0 aromatic heterocycles. The van der Waals surface area contributed by atoms with Gasteiger partial charge in [-0.1, -0.05) is 6.92 Å². The number of nitrogens with two attached hydrogens (primary N) is 2. The fourth-order valence-electron chi connectivity index (χ4n) is 0.361. The molecule has 0 aliphatic heterocycles. The molecule has 0 unspecified atom stereocenters. The van der Waals surface area contributed by atoms with Gasteiger partial charge >= 0.3 is 0 Å². The molecule has 4 nitrogen and oxygen atoms in total. The van der Waals surface area contributed by atoms with Crippen LogP contribution >= 0.6 is 0 Å². The summed E-state index contributed by atoms with van der Waals surface area (Å²) >= 11 is 0. The molecule has 0 radical (unpaired) electrons. The summed E-state index contributed by atoms with van der Waals surface area (Å²) in [5, 5.41) is 0. The molecule has 0 amide bonds. The third-order valence-corrected chi connectivity index (χ3v) is 0.930. The van der Waals surface area contributed by atoms with E-state index in [1.165, 1.54) is 0 Å². The van der Waals surface area contributed by atoms with Crippen LogP contribution in [0.4, 0.5) is 0 Å². The second kappa shape index (κ2) is 4.99. The first-order valence-electron chi connectivity index (χ1n) is 2.52. The van der Waals surface area contributed by atoms with Crippen LogP contribution in [0.25, 0.3) is 0 Å². The van der Waals surface area contributed by atoms with Crippen molar-refractivity contribution in [2.24, 2.45) is 11.8 Å². The zero-order valence-electron chi connectivity index (χ0n) is 4.96. The highest BCUT2D eigenvalue weighted by atomic mass is 16.7. The monoisotopic (exact) mass is 120 g/mol. The van der Waals surface area contributed by atoms with Crippen molar-refractivity contribution >= 4 is 0 Å². The van der Waals surface area contributed by atoms with Gasteiger partial charge in [0.25, 0.3) is 0 Å². The van der Waals surface area contributed by atoms with Gasteiger partial charge in [-0.3, -0.25) is 4.84 Å². The third kappa shape index (κ3) is 2.92. The zero-order chi connectivity index (χ0) is 6.41. The lowest BCUT2D eigenvalue weighted by Gasteiger charge is -2.08. The van der Waals surface area contributed by atoms with Crippen LogP contribution in [-0.4, -0.2) is 12.7 Å². The van der Waals surface area contributed by atoms with E-state index in [0.29, 0.717) is 6.61 Å². The Morgan fingerprint density at radius 2 is 2.12 bits per heavy atom. The standard InChI is InChI=1S/C4H12N2O2/c1-2-4(8-6)3-7-5/h4H,2-3,5-6H2,1H3/t4-/m1/s1. The predicted octanol–water partition coefficient (Wildman–Crippen LogP) is -0.454. The summed E-state index contributed by atoms with van der Waals surface area (Å²) in [6.45, 7) is 2.30. The summed E-state index contributed by atoms with van der Waals surface area (Å²) < 4.78 is 0. The molecular formula is C4H12N2O2. The molecule has 4 heteroatoms. The highest BCUT2D eigenvalue weighted by Crippen LogP contribution is 1.91. The summed E-state index contributed by atoms with van der Waals surface area (Å²) in [4.78, 5) is 8.72. The molecule has 0 saturated heterocycles. The van der Waals surface area contributed by atoms with Crippen LogP contribution in [-0.2, 0) is 9.68 Å². The van der Waals surface area contributed by atoms with E-state index in [2.05, 4.69) is 9.68 Å². The molecule has 0 rings (SSSR count). The van der Waals surface area contributed by atoms with Gasteiger partial charge in [-0.25, -0.2) is 11.8 Å². The Balaban J connectivity index is 3.07. The summed E-state index contributed by atoms with van der Waals surface area (Å²) in [6, 6.07) is 0. The molecule has 50 valence electrons. The Hall–Kier alpha value is -0.160. The molecule has 0 aromatic carbocycles. The van der Waals surface area contributed by atoms with Crippen molar-refractivity contribution in [1.29, 1.82) is 0 Å². The van der Waals surface area contributed by atoms with Crippen LogP contribution in [0.5, 0.6) is 0 Å². The smallest absolute Gasteiger partial charge is 0.104 e. The average molecular weight is 120 g/mol. The highest BCUT2D eigenvalue weighted by Gasteiger charge is 2.01. The molecule has 0 heterocycles. The van der Waals surface area contributed by atoms with E-state index in [1.807, 2.05) is 6.92 Å². The fourth-order valence-corrected chi connectivity index (χ4v) is 0.361. The topological polar surface area (TPSA) is 70.5 Å². The summed E-state index contributed by atoms with van der Waals surface area (Å²) in [5.41, 5.74) is 0. The highest BCUT2D eigenvalue weighted by molar-refractivity contribution is 4.48. The van der Waals surface area contributed by atoms with Crippen LogP contribution in [0.3, 0.4) is 0 Å². The normalized spacial score (nSPS) is 13.9. The van der Waals surface area contributed by atoms with Crippen molar-refractivity contribution in [3.05, 3.63) is 0 Å². The van der Waals surface area contributed by atoms with Gasteiger partial charge in [0.05, 0.1) is 6.61 Å². The fraction of sp³-hybridized carbons (Fsp3) is 1.00. The van der Waals surface area contributed by atoms with Crippen molar-refractivity contribution in [1.82, 2.24) is 0 Å². The molecule has 0 spiro atoms. The molecule has 1 atom stereocenters. The first-order valence-corrected chi connectivity index (χ1v) is 2.52. The molecule has 0 saturated carbocycles. The minimum Gasteiger partial charge on any atom is -0.302 e. The molecule has 0 fully saturated rings. The molecule has 0 aliphatic carbocycles. The van der Waals surface area contributed by atoms with Crippen molar-refractivity contribution in [3.63, 3.8) is 0 Å². The van der Waals surface area contributed by atoms with Crippen LogP contribution in [0.15, 0.2) is 0 Å². The number of rotatable bonds is 4. The van der Waals surface area contributed by atoms with Crippen LogP contribution in [0.2, 0.25) is 0 Å². The molecule has 4 N–H and O–H groups in total. The molecular weight excluding hydrogens is 108 g/mol. The second-order valence-corrected chi connectivity index (χ2v) is 1.50. The first kappa shape index (κ1) is 7.84. The molecule has 8 heavy (non-hydrogen) atoms. The van der Waals surface area contributed by atoms with Crippen LogP contribution in [0.1, 0.15) is 13.3 Å². The minimum absolute atomic E-state index is 0.0694. The van der Waals surface area contributed by atoms with Gasteiger partial charge in [-0.2, -0.15) is 0 Å². The molecule has 0 aliphatic rings. The van der Waals surface area contributed by atoms with E-state index < -0.39 is 0 Å². The van der Waals surface area contributed by atoms with Crippen molar-refractivity contribution < 1.29 is 9.68 Å². The Morgan fingerprint density at radius 3 is 2.25 bits per heavy atom. The lowest BCUT2D eigenvalue weighted by molar-refractivity contribution is -0.0200. The second-order valence-electron chi connectivity index (χ2n) is 1.50. The van der Waals surface area contributed by atoms with E-state index in [1.54, 1.807) is 0 Å². The summed E-state index contributed by atoms with van der Waals surface area (Å²) in [6.07, 6.45) is 0.744. The quantitative estimate of drug-likeness (QED) is 0.493. The summed E-state index contributed by atoms with van der Waals surface area (Å²) in [5.74, 6) is 9.58. The van der Waals surface area contributed by atoms with Crippen molar-refractivity contribution in [2.45, 2.75) is 19.4 Å². The van der Waals surface area contributed by atoms with Gasteiger partial charge in [-0.15, -0.1) is 0 Å². The third-order valence-electron chi connectivity index (χ3n) is 0.930. The van der Waals surface area contributed by atoms with Crippen LogP contribution < -0.4 is 11.8 Å². The maximum absolute atomic E-state index is 4.83. The van der Waals surface area contributed by atoms with Gasteiger partial charge in [0.2, 0.25) is 0 Å². The van der Waals surface area contributed by atoms with Gasteiger partial charge in [0.1, 0.15) is 6.10 Å². The lowest BCUT2D eigenvalue weighted by Crippen LogP contribution is -2.23. The predicted molar refractivity (Wildman–Crippen MR) is 29.5 cm³/mol. The Bertz CT molecular complexity index is 47.3. The molecule has 0 aromatic rings. The number of hydrogen-bond donors (Lipinski definition) is 2. The van der Waals surface area contributed by atoms with Crippen LogP contribution in [0, 0.1) is 0 Å². The van der Waals surface area contributed by atoms with Gasteiger partial charge in [0.15, 0.2) is 0 Å². The molecule has 0 bridgehead atoms. The Kier molecular flexibility index (Phi) is 4.89. The van der Waals surface area contributed by atoms with Gasteiger partial charge < -0.3 is 4.84 Å². The van der Waals surface area contributed by atoms with E-state index >= 15 is 0 Å². The largest absolute Gasteiger partial charge is 0.302 e. The van der Waals surface area contributed by atoms with Crippen molar-refractivity contribution in [3.8, 4) is 0 Å². The maximum Gasteiger partial charge on any atom is 0.104 e. The van der Waals surface area contributed by atoms with Gasteiger partial charge in [-0.05, 0) is 6.42 Å². The van der Waals surface area contributed by atoms with Gasteiger partial charge in [0, 0.05) is 0 Å². The van der Waals surface area contributed by atoms with E-state index in [4.69, 9.17) is 11.8 Å². The van der Waals surface area contributed by atoms with Crippen molar-refractivity contribution in [2.75, 3.05) is 6.61 Å². The van der Waals surface area contributed by atoms with E-state index in [0.717, 1.165) is 6.42 Å². The first-order chi connectivity index (χ1) is 3.85. The summed E-state index contributed by atoms with van der Waals surface area (Å²) in [7, 11) is 0. The number of hydrogen-bond acceptors (Lipinski definition) is 4. The zero-order valence-corrected chi connectivity index (χ0v) is 4.96. The van der Waals surface area contributed by atoms with E-state index in [-0.39, 0.29) is 6.10 Å². The minimum atomic E-state index is -0.0694. The average Bonchev–Trinajstić information content (AvgIpc) is 1.83. The lowest BCUT2D eigenvalue weighted by atomic mass is 10.3. The Morgan fingerprint density at radius 1 is 1.50 bits per heavy atom. The van der Waals surface area contributed by atoms with E-state index in [9.17, 15) is 0 Å². The maximum atomic E-state index is 4.83. The Labute approximate surface area is 48.6 Å². The SMILES string of the molecule is CC[C@H](CON)ON.